The number of pyridine rings is 1. The number of aromatic nitrogens is 1. The molecule has 1 spiro atoms. The minimum atomic E-state index is -5.08. The fourth-order valence-corrected chi connectivity index (χ4v) is 4.95. The van der Waals surface area contributed by atoms with Gasteiger partial charge in [0.2, 0.25) is 0 Å². The van der Waals surface area contributed by atoms with Crippen LogP contribution in [-0.2, 0) is 32.3 Å². The zero-order chi connectivity index (χ0) is 35.3. The standard InChI is InChI=1S/C20H27N3OS.3C2HF3O2/c1-22-7-4-17(12-24-13-18-3-2-6-21-10-18)9-20(22)15-23(16-20)11-19-5-8-25-14-19;3*3-2(4,5)1(6)7/h2-3,5-6,8,10,14,17H,4,7,9,11-13,15-16H2,1H3;3*(H,6,7). The highest BCUT2D eigenvalue weighted by Crippen LogP contribution is 2.39. The van der Waals surface area contributed by atoms with E-state index in [0.717, 1.165) is 18.7 Å². The Kier molecular flexibility index (Phi) is 15.4. The molecule has 0 radical (unpaired) electrons. The summed E-state index contributed by atoms with van der Waals surface area (Å²) < 4.78 is 101. The Morgan fingerprint density at radius 1 is 0.935 bits per heavy atom. The van der Waals surface area contributed by atoms with Gasteiger partial charge in [-0.15, -0.1) is 0 Å². The van der Waals surface area contributed by atoms with E-state index in [1.165, 1.54) is 38.0 Å². The van der Waals surface area contributed by atoms with Crippen molar-refractivity contribution in [1.29, 1.82) is 0 Å². The number of nitrogens with zero attached hydrogens (tertiary/aromatic N) is 3. The van der Waals surface area contributed by atoms with Gasteiger partial charge in [0, 0.05) is 44.2 Å². The molecule has 3 N–H and O–H groups in total. The summed E-state index contributed by atoms with van der Waals surface area (Å²) in [4.78, 5) is 36.0. The smallest absolute Gasteiger partial charge is 0.475 e. The maximum atomic E-state index is 10.6. The molecule has 260 valence electrons. The molecule has 0 saturated carbocycles. The molecule has 20 heteroatoms. The maximum Gasteiger partial charge on any atom is 0.490 e. The molecule has 2 fully saturated rings. The lowest BCUT2D eigenvalue weighted by Crippen LogP contribution is -2.71. The van der Waals surface area contributed by atoms with Crippen LogP contribution in [0.25, 0.3) is 0 Å². The Bertz CT molecular complexity index is 1170. The molecule has 0 aromatic carbocycles. The Balaban J connectivity index is 0.000000413. The summed E-state index contributed by atoms with van der Waals surface area (Å²) in [7, 11) is 2.30. The van der Waals surface area contributed by atoms with Crippen molar-refractivity contribution in [1.82, 2.24) is 14.8 Å². The number of hydrogen-bond donors (Lipinski definition) is 3. The van der Waals surface area contributed by atoms with E-state index in [2.05, 4.69) is 44.7 Å². The van der Waals surface area contributed by atoms with E-state index in [9.17, 15) is 39.5 Å². The number of thiophene rings is 1. The van der Waals surface area contributed by atoms with E-state index in [0.29, 0.717) is 18.1 Å². The van der Waals surface area contributed by atoms with E-state index >= 15 is 0 Å². The zero-order valence-corrected chi connectivity index (χ0v) is 24.7. The summed E-state index contributed by atoms with van der Waals surface area (Å²) in [6.07, 6.45) is -9.04. The minimum Gasteiger partial charge on any atom is -0.475 e. The van der Waals surface area contributed by atoms with Crippen LogP contribution in [0.1, 0.15) is 24.0 Å². The Labute approximate surface area is 260 Å². The average molecular weight is 700 g/mol. The predicted octanol–water partition coefficient (Wildman–Crippen LogP) is 5.16. The topological polar surface area (TPSA) is 140 Å². The number of carboxylic acids is 3. The third kappa shape index (κ3) is 14.7. The van der Waals surface area contributed by atoms with Crippen molar-refractivity contribution < 1.29 is 74.0 Å². The first kappa shape index (κ1) is 40.5. The molecule has 4 heterocycles. The minimum absolute atomic E-state index is 0.372. The molecule has 2 aromatic heterocycles. The third-order valence-corrected chi connectivity index (χ3v) is 7.18. The fraction of sp³-hybridized carbons (Fsp3) is 0.538. The lowest BCUT2D eigenvalue weighted by molar-refractivity contribution is -0.193. The number of halogens is 9. The number of likely N-dealkylation sites (tertiary alicyclic amines) is 2. The van der Waals surface area contributed by atoms with Gasteiger partial charge < -0.3 is 20.1 Å². The van der Waals surface area contributed by atoms with Gasteiger partial charge >= 0.3 is 36.4 Å². The van der Waals surface area contributed by atoms with Gasteiger partial charge in [0.15, 0.2) is 0 Å². The fourth-order valence-electron chi connectivity index (χ4n) is 4.29. The number of piperidine rings is 1. The second-order valence-corrected chi connectivity index (χ2v) is 10.8. The molecule has 1 unspecified atom stereocenters. The second-order valence-electron chi connectivity index (χ2n) is 10.1. The van der Waals surface area contributed by atoms with Gasteiger partial charge in [-0.25, -0.2) is 14.4 Å². The summed E-state index contributed by atoms with van der Waals surface area (Å²) in [6, 6.07) is 6.30. The van der Waals surface area contributed by atoms with Crippen LogP contribution in [0, 0.1) is 5.92 Å². The number of rotatable bonds is 6. The van der Waals surface area contributed by atoms with E-state index in [1.807, 2.05) is 18.5 Å². The molecule has 4 rings (SSSR count). The first-order valence-corrected chi connectivity index (χ1v) is 13.8. The van der Waals surface area contributed by atoms with Crippen LogP contribution >= 0.6 is 11.3 Å². The number of alkyl halides is 9. The van der Waals surface area contributed by atoms with Crippen LogP contribution in [-0.4, -0.2) is 105 Å². The van der Waals surface area contributed by atoms with Crippen molar-refractivity contribution in [3.8, 4) is 0 Å². The normalized spacial score (nSPS) is 18.0. The Hall–Kier alpha value is -3.49. The predicted molar refractivity (Wildman–Crippen MR) is 143 cm³/mol. The van der Waals surface area contributed by atoms with Gasteiger partial charge in [-0.05, 0) is 66.4 Å². The highest BCUT2D eigenvalue weighted by Gasteiger charge is 2.49. The maximum absolute atomic E-state index is 10.6. The van der Waals surface area contributed by atoms with Crippen LogP contribution < -0.4 is 0 Å². The molecular formula is C26H30F9N3O7S. The van der Waals surface area contributed by atoms with Gasteiger partial charge in [0.1, 0.15) is 0 Å². The zero-order valence-electron chi connectivity index (χ0n) is 23.9. The molecule has 10 nitrogen and oxygen atoms in total. The quantitative estimate of drug-likeness (QED) is 0.347. The molecule has 2 saturated heterocycles. The number of ether oxygens (including phenoxy) is 1. The molecule has 1 atom stereocenters. The first-order valence-electron chi connectivity index (χ1n) is 12.9. The molecule has 2 aliphatic rings. The van der Waals surface area contributed by atoms with E-state index < -0.39 is 36.4 Å². The molecule has 0 aliphatic carbocycles. The number of hydrogen-bond acceptors (Lipinski definition) is 8. The summed E-state index contributed by atoms with van der Waals surface area (Å²) in [5, 5.41) is 25.8. The molecule has 2 aromatic rings. The SMILES string of the molecule is CN1CCC(COCc2cccnc2)CC12CN(Cc1ccsc1)C2.O=C(O)C(F)(F)F.O=C(O)C(F)(F)F.O=C(O)C(F)(F)F. The summed E-state index contributed by atoms with van der Waals surface area (Å²) in [5.74, 6) is -7.59. The molecule has 0 bridgehead atoms. The molecule has 0 amide bonds. The summed E-state index contributed by atoms with van der Waals surface area (Å²) >= 11 is 1.79. The first-order chi connectivity index (χ1) is 21.1. The largest absolute Gasteiger partial charge is 0.490 e. The second kappa shape index (κ2) is 17.4. The highest BCUT2D eigenvalue weighted by atomic mass is 32.1. The van der Waals surface area contributed by atoms with Crippen molar-refractivity contribution in [2.45, 2.75) is 50.1 Å². The molecule has 2 aliphatic heterocycles. The van der Waals surface area contributed by atoms with Crippen LogP contribution in [0.15, 0.2) is 41.4 Å². The van der Waals surface area contributed by atoms with Crippen molar-refractivity contribution >= 4 is 29.2 Å². The van der Waals surface area contributed by atoms with Gasteiger partial charge in [0.05, 0.1) is 6.61 Å². The number of carboxylic acid groups (broad SMARTS) is 3. The van der Waals surface area contributed by atoms with Gasteiger partial charge in [0.25, 0.3) is 0 Å². The van der Waals surface area contributed by atoms with Crippen molar-refractivity contribution in [2.75, 3.05) is 33.3 Å². The molecular weight excluding hydrogens is 669 g/mol. The summed E-state index contributed by atoms with van der Waals surface area (Å²) in [6.45, 7) is 6.22. The van der Waals surface area contributed by atoms with E-state index in [4.69, 9.17) is 34.4 Å². The number of likely N-dealkylation sites (N-methyl/N-ethyl adjacent to an activating group) is 1. The van der Waals surface area contributed by atoms with Crippen LogP contribution in [0.2, 0.25) is 0 Å². The van der Waals surface area contributed by atoms with Gasteiger partial charge in [-0.2, -0.15) is 50.9 Å². The monoisotopic (exact) mass is 699 g/mol. The van der Waals surface area contributed by atoms with Gasteiger partial charge in [-0.3, -0.25) is 14.8 Å². The van der Waals surface area contributed by atoms with Crippen LogP contribution in [0.5, 0.6) is 0 Å². The van der Waals surface area contributed by atoms with Crippen molar-refractivity contribution in [3.63, 3.8) is 0 Å². The average Bonchev–Trinajstić information content (AvgIpc) is 3.43. The van der Waals surface area contributed by atoms with Gasteiger partial charge in [-0.1, -0.05) is 6.07 Å². The van der Waals surface area contributed by atoms with E-state index in [-0.39, 0.29) is 0 Å². The van der Waals surface area contributed by atoms with Crippen molar-refractivity contribution in [3.05, 3.63) is 52.5 Å². The third-order valence-electron chi connectivity index (χ3n) is 6.45. The Morgan fingerprint density at radius 2 is 1.46 bits per heavy atom. The van der Waals surface area contributed by atoms with E-state index in [1.54, 1.807) is 11.3 Å². The van der Waals surface area contributed by atoms with Crippen LogP contribution in [0.4, 0.5) is 39.5 Å². The molecule has 46 heavy (non-hydrogen) atoms. The highest BCUT2D eigenvalue weighted by molar-refractivity contribution is 7.07. The van der Waals surface area contributed by atoms with Crippen molar-refractivity contribution in [2.24, 2.45) is 5.92 Å². The summed E-state index contributed by atoms with van der Waals surface area (Å²) in [5.41, 5.74) is 2.99. The number of carbonyl (C=O) groups is 3. The lowest BCUT2D eigenvalue weighted by Gasteiger charge is -2.58. The number of aliphatic carboxylic acids is 3. The lowest BCUT2D eigenvalue weighted by atomic mass is 9.75. The van der Waals surface area contributed by atoms with Crippen LogP contribution in [0.3, 0.4) is 0 Å². The Morgan fingerprint density at radius 3 is 1.87 bits per heavy atom.